The Labute approximate surface area is 100 Å². The molecule has 1 fully saturated rings. The van der Waals surface area contributed by atoms with Crippen molar-refractivity contribution < 1.29 is 15.4 Å². The van der Waals surface area contributed by atoms with Crippen molar-refractivity contribution in [2.24, 2.45) is 0 Å². The Balaban J connectivity index is 0.00000144. The van der Waals surface area contributed by atoms with Crippen LogP contribution >= 0.6 is 0 Å². The summed E-state index contributed by atoms with van der Waals surface area (Å²) in [7, 11) is 0. The number of rotatable bonds is 3. The van der Waals surface area contributed by atoms with Gasteiger partial charge in [0.1, 0.15) is 0 Å². The molecule has 1 aromatic rings. The molecule has 1 aliphatic heterocycles. The second-order valence-corrected chi connectivity index (χ2v) is 3.99. The molecule has 5 heteroatoms. The first-order valence-corrected chi connectivity index (χ1v) is 5.49. The highest BCUT2D eigenvalue weighted by atomic mass is 16.4. The van der Waals surface area contributed by atoms with Crippen LogP contribution in [0.1, 0.15) is 11.6 Å². The highest BCUT2D eigenvalue weighted by molar-refractivity contribution is 5.69. The normalized spacial score (nSPS) is 20.6. The van der Waals surface area contributed by atoms with Gasteiger partial charge in [0.15, 0.2) is 0 Å². The van der Waals surface area contributed by atoms with Crippen LogP contribution in [0.15, 0.2) is 30.3 Å². The Morgan fingerprint density at radius 3 is 2.76 bits per heavy atom. The highest BCUT2D eigenvalue weighted by Crippen LogP contribution is 2.21. The smallest absolute Gasteiger partial charge is 0.317 e. The molecule has 94 valence electrons. The minimum atomic E-state index is -0.761. The van der Waals surface area contributed by atoms with Gasteiger partial charge in [-0.3, -0.25) is 9.69 Å². The number of carboxylic acids is 1. The van der Waals surface area contributed by atoms with Crippen LogP contribution in [0, 0.1) is 0 Å². The van der Waals surface area contributed by atoms with Gasteiger partial charge in [0.25, 0.3) is 0 Å². The van der Waals surface area contributed by atoms with Crippen LogP contribution in [0.25, 0.3) is 0 Å². The van der Waals surface area contributed by atoms with Gasteiger partial charge in [-0.25, -0.2) is 0 Å². The summed E-state index contributed by atoms with van der Waals surface area (Å²) < 4.78 is 0. The van der Waals surface area contributed by atoms with Crippen molar-refractivity contribution >= 4 is 5.97 Å². The van der Waals surface area contributed by atoms with Gasteiger partial charge in [-0.05, 0) is 5.56 Å². The molecular formula is C12H18N2O3. The van der Waals surface area contributed by atoms with E-state index in [9.17, 15) is 4.79 Å². The predicted molar refractivity (Wildman–Crippen MR) is 64.9 cm³/mol. The number of carboxylic acid groups (broad SMARTS) is 1. The van der Waals surface area contributed by atoms with E-state index in [4.69, 9.17) is 5.11 Å². The second-order valence-electron chi connectivity index (χ2n) is 3.99. The zero-order chi connectivity index (χ0) is 11.4. The Kier molecular flexibility index (Phi) is 5.09. The van der Waals surface area contributed by atoms with Crippen LogP contribution in [0.3, 0.4) is 0 Å². The summed E-state index contributed by atoms with van der Waals surface area (Å²) in [6.07, 6.45) is 0. The maximum absolute atomic E-state index is 10.8. The van der Waals surface area contributed by atoms with Crippen LogP contribution in [0.4, 0.5) is 0 Å². The summed E-state index contributed by atoms with van der Waals surface area (Å²) in [4.78, 5) is 12.8. The fourth-order valence-corrected chi connectivity index (χ4v) is 2.11. The first-order valence-electron chi connectivity index (χ1n) is 5.49. The maximum Gasteiger partial charge on any atom is 0.317 e. The minimum Gasteiger partial charge on any atom is -0.480 e. The number of aliphatic carboxylic acids is 1. The maximum atomic E-state index is 10.8. The van der Waals surface area contributed by atoms with E-state index in [2.05, 4.69) is 5.32 Å². The number of hydrogen-bond acceptors (Lipinski definition) is 3. The fraction of sp³-hybridized carbons (Fsp3) is 0.417. The molecule has 1 saturated heterocycles. The molecule has 4 N–H and O–H groups in total. The zero-order valence-corrected chi connectivity index (χ0v) is 9.60. The Hall–Kier alpha value is -1.43. The molecule has 1 atom stereocenters. The van der Waals surface area contributed by atoms with E-state index in [1.54, 1.807) is 0 Å². The van der Waals surface area contributed by atoms with E-state index >= 15 is 0 Å². The topological polar surface area (TPSA) is 84.1 Å². The van der Waals surface area contributed by atoms with E-state index in [1.807, 2.05) is 35.2 Å². The van der Waals surface area contributed by atoms with E-state index in [0.29, 0.717) is 0 Å². The minimum absolute atomic E-state index is 0. The Morgan fingerprint density at radius 2 is 2.12 bits per heavy atom. The lowest BCUT2D eigenvalue weighted by Gasteiger charge is -2.35. The summed E-state index contributed by atoms with van der Waals surface area (Å²) in [5.41, 5.74) is 1.18. The molecule has 2 rings (SSSR count). The quantitative estimate of drug-likeness (QED) is 0.769. The fourth-order valence-electron chi connectivity index (χ4n) is 2.11. The van der Waals surface area contributed by atoms with Gasteiger partial charge in [0.2, 0.25) is 0 Å². The number of carbonyl (C=O) groups is 1. The number of nitrogens with one attached hydrogen (secondary N) is 1. The molecule has 0 radical (unpaired) electrons. The molecule has 1 aromatic carbocycles. The van der Waals surface area contributed by atoms with E-state index < -0.39 is 5.97 Å². The van der Waals surface area contributed by atoms with Crippen LogP contribution in [0.5, 0.6) is 0 Å². The van der Waals surface area contributed by atoms with Crippen molar-refractivity contribution in [3.63, 3.8) is 0 Å². The molecular weight excluding hydrogens is 220 g/mol. The Morgan fingerprint density at radius 1 is 1.41 bits per heavy atom. The summed E-state index contributed by atoms with van der Waals surface area (Å²) in [5.74, 6) is -0.761. The third-order valence-electron chi connectivity index (χ3n) is 2.88. The lowest BCUT2D eigenvalue weighted by Crippen LogP contribution is -2.47. The van der Waals surface area contributed by atoms with Gasteiger partial charge in [-0.1, -0.05) is 30.3 Å². The molecule has 1 aliphatic rings. The average molecular weight is 238 g/mol. The lowest BCUT2D eigenvalue weighted by atomic mass is 10.0. The largest absolute Gasteiger partial charge is 0.480 e. The molecule has 0 spiro atoms. The van der Waals surface area contributed by atoms with Crippen LogP contribution in [0.2, 0.25) is 0 Å². The molecule has 0 saturated carbocycles. The number of piperazine rings is 1. The molecule has 0 bridgehead atoms. The molecule has 17 heavy (non-hydrogen) atoms. The van der Waals surface area contributed by atoms with Crippen molar-refractivity contribution in [2.75, 3.05) is 26.2 Å². The third kappa shape index (κ3) is 3.52. The number of nitrogens with zero attached hydrogens (tertiary/aromatic N) is 1. The van der Waals surface area contributed by atoms with E-state index in [1.165, 1.54) is 5.56 Å². The molecule has 0 amide bonds. The summed E-state index contributed by atoms with van der Waals surface area (Å²) in [5, 5.41) is 12.2. The van der Waals surface area contributed by atoms with Gasteiger partial charge in [0, 0.05) is 25.7 Å². The first kappa shape index (κ1) is 13.6. The molecule has 0 aromatic heterocycles. The number of benzene rings is 1. The standard InChI is InChI=1S/C12H16N2O2.H2O/c15-12(16)9-14-7-6-13-8-11(14)10-4-2-1-3-5-10;/h1-5,11,13H,6-9H2,(H,15,16);1H2. The van der Waals surface area contributed by atoms with Gasteiger partial charge in [-0.2, -0.15) is 0 Å². The van der Waals surface area contributed by atoms with Crippen molar-refractivity contribution in [3.05, 3.63) is 35.9 Å². The monoisotopic (exact) mass is 238 g/mol. The molecule has 1 unspecified atom stereocenters. The average Bonchev–Trinajstić information content (AvgIpc) is 2.30. The van der Waals surface area contributed by atoms with Crippen molar-refractivity contribution in [2.45, 2.75) is 6.04 Å². The van der Waals surface area contributed by atoms with Crippen LogP contribution < -0.4 is 5.32 Å². The lowest BCUT2D eigenvalue weighted by molar-refractivity contribution is -0.139. The summed E-state index contributed by atoms with van der Waals surface area (Å²) in [6.45, 7) is 2.57. The van der Waals surface area contributed by atoms with Gasteiger partial charge in [-0.15, -0.1) is 0 Å². The Bertz CT molecular complexity index is 356. The van der Waals surface area contributed by atoms with Crippen molar-refractivity contribution in [1.82, 2.24) is 10.2 Å². The van der Waals surface area contributed by atoms with Crippen LogP contribution in [-0.4, -0.2) is 47.6 Å². The third-order valence-corrected chi connectivity index (χ3v) is 2.88. The predicted octanol–water partition coefficient (Wildman–Crippen LogP) is -0.107. The van der Waals surface area contributed by atoms with E-state index in [-0.39, 0.29) is 18.1 Å². The second kappa shape index (κ2) is 6.34. The van der Waals surface area contributed by atoms with Crippen LogP contribution in [-0.2, 0) is 4.79 Å². The molecule has 0 aliphatic carbocycles. The summed E-state index contributed by atoms with van der Waals surface area (Å²) in [6, 6.07) is 10.2. The number of hydrogen-bond donors (Lipinski definition) is 2. The first-order chi connectivity index (χ1) is 7.77. The van der Waals surface area contributed by atoms with E-state index in [0.717, 1.165) is 19.6 Å². The van der Waals surface area contributed by atoms with Gasteiger partial charge in [0.05, 0.1) is 6.54 Å². The van der Waals surface area contributed by atoms with Gasteiger partial charge < -0.3 is 15.9 Å². The summed E-state index contributed by atoms with van der Waals surface area (Å²) >= 11 is 0. The van der Waals surface area contributed by atoms with Gasteiger partial charge >= 0.3 is 5.97 Å². The van der Waals surface area contributed by atoms with Crippen molar-refractivity contribution in [1.29, 1.82) is 0 Å². The van der Waals surface area contributed by atoms with Crippen molar-refractivity contribution in [3.8, 4) is 0 Å². The molecule has 1 heterocycles. The zero-order valence-electron chi connectivity index (χ0n) is 9.60. The molecule has 5 nitrogen and oxygen atoms in total. The highest BCUT2D eigenvalue weighted by Gasteiger charge is 2.24. The SMILES string of the molecule is O.O=C(O)CN1CCNCC1c1ccccc1.